The lowest BCUT2D eigenvalue weighted by Gasteiger charge is -2.17. The number of carbonyl (C=O) groups is 3. The maximum Gasteiger partial charge on any atom is 0.287 e. The normalized spacial score (nSPS) is 11.6. The molecule has 2 aromatic carbocycles. The second-order valence-electron chi connectivity index (χ2n) is 7.59. The first-order valence-corrected chi connectivity index (χ1v) is 11.2. The average Bonchev–Trinajstić information content (AvgIpc) is 3.35. The molecule has 0 fully saturated rings. The molecule has 2 heterocycles. The van der Waals surface area contributed by atoms with Gasteiger partial charge in [-0.1, -0.05) is 53.5 Å². The molecule has 176 valence electrons. The number of benzene rings is 2. The minimum atomic E-state index is -1.14. The highest BCUT2D eigenvalue weighted by atomic mass is 35.5. The van der Waals surface area contributed by atoms with Crippen molar-refractivity contribution >= 4 is 40.8 Å². The van der Waals surface area contributed by atoms with Gasteiger partial charge < -0.3 is 11.1 Å². The minimum Gasteiger partial charge on any atom is -0.363 e. The van der Waals surface area contributed by atoms with E-state index >= 15 is 0 Å². The Hall–Kier alpha value is -4.01. The quantitative estimate of drug-likeness (QED) is 0.352. The zero-order valence-electron chi connectivity index (χ0n) is 18.2. The molecule has 1 atom stereocenters. The molecule has 8 nitrogen and oxygen atoms in total. The van der Waals surface area contributed by atoms with Gasteiger partial charge in [-0.3, -0.25) is 14.4 Å². The Bertz CT molecular complexity index is 1410. The molecule has 2 amide bonds. The van der Waals surface area contributed by atoms with Crippen molar-refractivity contribution in [2.75, 3.05) is 0 Å². The lowest BCUT2D eigenvalue weighted by Crippen LogP contribution is -2.47. The van der Waals surface area contributed by atoms with Crippen molar-refractivity contribution in [1.82, 2.24) is 20.1 Å². The van der Waals surface area contributed by atoms with Crippen LogP contribution in [0.15, 0.2) is 79.1 Å². The van der Waals surface area contributed by atoms with Crippen molar-refractivity contribution in [2.24, 2.45) is 5.73 Å². The van der Waals surface area contributed by atoms with Crippen LogP contribution in [-0.4, -0.2) is 38.4 Å². The topological polar surface area (TPSA) is 120 Å². The molecule has 0 saturated heterocycles. The van der Waals surface area contributed by atoms with Crippen molar-refractivity contribution in [3.8, 4) is 17.1 Å². The fraction of sp³-hybridized carbons (Fsp3) is 0.0800. The predicted molar refractivity (Wildman–Crippen MR) is 132 cm³/mol. The Labute approximate surface area is 210 Å². The highest BCUT2D eigenvalue weighted by Crippen LogP contribution is 2.29. The first-order chi connectivity index (χ1) is 16.8. The molecule has 1 unspecified atom stereocenters. The summed E-state index contributed by atoms with van der Waals surface area (Å²) in [6, 6.07) is 17.7. The molecule has 0 aliphatic heterocycles. The molecule has 2 aromatic heterocycles. The molecule has 0 aliphatic carbocycles. The van der Waals surface area contributed by atoms with Crippen LogP contribution in [0.3, 0.4) is 0 Å². The highest BCUT2D eigenvalue weighted by Gasteiger charge is 2.27. The van der Waals surface area contributed by atoms with Gasteiger partial charge in [0.25, 0.3) is 11.8 Å². The number of Topliss-reactive ketones (excluding diaryl/α,β-unsaturated/α-hetero) is 1. The standard InChI is InChI=1S/C25H19Cl2N5O3/c26-16-8-9-19(27)18(14-16)20-10-12-32(31-20)24-17(7-4-11-29-24)25(35)30-21(22(33)23(28)34)13-15-5-2-1-3-6-15/h1-12,14,21H,13H2,(H2,28,34)(H,30,35). The Morgan fingerprint density at radius 1 is 1.00 bits per heavy atom. The number of carbonyl (C=O) groups excluding carboxylic acids is 3. The van der Waals surface area contributed by atoms with E-state index in [1.807, 2.05) is 6.07 Å². The molecule has 4 aromatic rings. The molecule has 0 spiro atoms. The summed E-state index contributed by atoms with van der Waals surface area (Å²) in [5.41, 5.74) is 7.27. The number of halogens is 2. The lowest BCUT2D eigenvalue weighted by atomic mass is 10.0. The zero-order valence-corrected chi connectivity index (χ0v) is 19.7. The molecule has 0 radical (unpaired) electrons. The number of rotatable bonds is 8. The van der Waals surface area contributed by atoms with Gasteiger partial charge in [0, 0.05) is 29.4 Å². The Balaban J connectivity index is 1.63. The molecule has 10 heteroatoms. The predicted octanol–water partition coefficient (Wildman–Crippen LogP) is 3.64. The minimum absolute atomic E-state index is 0.100. The summed E-state index contributed by atoms with van der Waals surface area (Å²) in [7, 11) is 0. The number of amides is 2. The van der Waals surface area contributed by atoms with Crippen molar-refractivity contribution in [3.05, 3.63) is 100 Å². The number of primary amides is 1. The van der Waals surface area contributed by atoms with E-state index in [0.717, 1.165) is 5.56 Å². The number of hydrogen-bond donors (Lipinski definition) is 2. The Morgan fingerprint density at radius 2 is 1.77 bits per heavy atom. The van der Waals surface area contributed by atoms with Gasteiger partial charge in [-0.15, -0.1) is 0 Å². The lowest BCUT2D eigenvalue weighted by molar-refractivity contribution is -0.137. The highest BCUT2D eigenvalue weighted by molar-refractivity contribution is 6.38. The smallest absolute Gasteiger partial charge is 0.287 e. The Kier molecular flexibility index (Phi) is 7.24. The number of aromatic nitrogens is 3. The fourth-order valence-corrected chi connectivity index (χ4v) is 3.89. The number of ketones is 1. The van der Waals surface area contributed by atoms with Crippen LogP contribution in [0.1, 0.15) is 15.9 Å². The van der Waals surface area contributed by atoms with Gasteiger partial charge in [-0.2, -0.15) is 5.10 Å². The van der Waals surface area contributed by atoms with Gasteiger partial charge in [-0.25, -0.2) is 9.67 Å². The summed E-state index contributed by atoms with van der Waals surface area (Å²) in [6.07, 6.45) is 3.24. The van der Waals surface area contributed by atoms with E-state index in [4.69, 9.17) is 28.9 Å². The Morgan fingerprint density at radius 3 is 2.51 bits per heavy atom. The molecule has 0 saturated carbocycles. The van der Waals surface area contributed by atoms with Gasteiger partial charge in [0.1, 0.15) is 6.04 Å². The maximum absolute atomic E-state index is 13.2. The molecule has 4 rings (SSSR count). The summed E-state index contributed by atoms with van der Waals surface area (Å²) in [5.74, 6) is -2.42. The molecule has 0 bridgehead atoms. The second-order valence-corrected chi connectivity index (χ2v) is 8.43. The van der Waals surface area contributed by atoms with Crippen LogP contribution in [0.25, 0.3) is 17.1 Å². The van der Waals surface area contributed by atoms with Crippen LogP contribution < -0.4 is 11.1 Å². The number of nitrogens with two attached hydrogens (primary N) is 1. The number of pyridine rings is 1. The molecule has 35 heavy (non-hydrogen) atoms. The van der Waals surface area contributed by atoms with Gasteiger partial charge in [0.2, 0.25) is 5.78 Å². The SMILES string of the molecule is NC(=O)C(=O)C(Cc1ccccc1)NC(=O)c1cccnc1-n1ccc(-c2cc(Cl)ccc2Cl)n1. The van der Waals surface area contributed by atoms with E-state index in [-0.39, 0.29) is 17.8 Å². The van der Waals surface area contributed by atoms with E-state index in [0.29, 0.717) is 21.3 Å². The third-order valence-electron chi connectivity index (χ3n) is 5.19. The van der Waals surface area contributed by atoms with E-state index in [9.17, 15) is 14.4 Å². The number of nitrogens with one attached hydrogen (secondary N) is 1. The zero-order chi connectivity index (χ0) is 24.9. The van der Waals surface area contributed by atoms with Crippen molar-refractivity contribution in [3.63, 3.8) is 0 Å². The van der Waals surface area contributed by atoms with Crippen molar-refractivity contribution in [2.45, 2.75) is 12.5 Å². The van der Waals surface area contributed by atoms with Gasteiger partial charge in [0.15, 0.2) is 5.82 Å². The van der Waals surface area contributed by atoms with E-state index < -0.39 is 23.6 Å². The average molecular weight is 508 g/mol. The van der Waals surface area contributed by atoms with Crippen molar-refractivity contribution < 1.29 is 14.4 Å². The summed E-state index contributed by atoms with van der Waals surface area (Å²) in [4.78, 5) is 41.5. The first-order valence-electron chi connectivity index (χ1n) is 10.5. The van der Waals surface area contributed by atoms with Gasteiger partial charge >= 0.3 is 0 Å². The molecular formula is C25H19Cl2N5O3. The van der Waals surface area contributed by atoms with E-state index in [1.54, 1.807) is 66.9 Å². The van der Waals surface area contributed by atoms with Crippen LogP contribution in [0.5, 0.6) is 0 Å². The fourth-order valence-electron chi connectivity index (χ4n) is 3.50. The van der Waals surface area contributed by atoms with Gasteiger partial charge in [-0.05, 0) is 42.0 Å². The van der Waals surface area contributed by atoms with E-state index in [1.165, 1.54) is 10.9 Å². The third-order valence-corrected chi connectivity index (χ3v) is 5.75. The number of hydrogen-bond acceptors (Lipinski definition) is 5. The van der Waals surface area contributed by atoms with Crippen molar-refractivity contribution in [1.29, 1.82) is 0 Å². The molecule has 0 aliphatic rings. The van der Waals surface area contributed by atoms with Crippen LogP contribution in [0.2, 0.25) is 10.0 Å². The van der Waals surface area contributed by atoms with Gasteiger partial charge in [0.05, 0.1) is 16.3 Å². The summed E-state index contributed by atoms with van der Waals surface area (Å²) < 4.78 is 1.42. The largest absolute Gasteiger partial charge is 0.363 e. The first kappa shape index (κ1) is 24.1. The summed E-state index contributed by atoms with van der Waals surface area (Å²) in [5, 5.41) is 8.08. The van der Waals surface area contributed by atoms with Crippen LogP contribution in [0.4, 0.5) is 0 Å². The maximum atomic E-state index is 13.2. The third kappa shape index (κ3) is 5.56. The monoisotopic (exact) mass is 507 g/mol. The molecule has 3 N–H and O–H groups in total. The van der Waals surface area contributed by atoms with Crippen LogP contribution in [-0.2, 0) is 16.0 Å². The van der Waals surface area contributed by atoms with Crippen LogP contribution in [0, 0.1) is 0 Å². The number of nitrogens with zero attached hydrogens (tertiary/aromatic N) is 3. The summed E-state index contributed by atoms with van der Waals surface area (Å²) in [6.45, 7) is 0. The molecular weight excluding hydrogens is 489 g/mol. The second kappa shape index (κ2) is 10.5. The summed E-state index contributed by atoms with van der Waals surface area (Å²) >= 11 is 12.4. The van der Waals surface area contributed by atoms with Crippen LogP contribution >= 0.6 is 23.2 Å². The van der Waals surface area contributed by atoms with E-state index in [2.05, 4.69) is 15.4 Å².